The van der Waals surface area contributed by atoms with Gasteiger partial charge in [0.25, 0.3) is 0 Å². The van der Waals surface area contributed by atoms with Gasteiger partial charge in [-0.05, 0) is 19.9 Å². The molecule has 0 spiro atoms. The van der Waals surface area contributed by atoms with Crippen molar-refractivity contribution in [2.45, 2.75) is 19.4 Å². The number of aliphatic hydroxyl groups excluding tert-OH is 1. The van der Waals surface area contributed by atoms with Crippen LogP contribution in [0.4, 0.5) is 0 Å². The molecule has 0 saturated heterocycles. The molecule has 0 aliphatic carbocycles. The largest absolute Gasteiger partial charge is 0.393 e. The van der Waals surface area contributed by atoms with E-state index in [1.807, 2.05) is 0 Å². The second-order valence-electron chi connectivity index (χ2n) is 2.99. The first-order valence-electron chi connectivity index (χ1n) is 4.73. The Balaban J connectivity index is 2.84. The molecule has 0 aliphatic heterocycles. The minimum Gasteiger partial charge on any atom is -0.393 e. The third kappa shape index (κ3) is 11.8. The Morgan fingerprint density at radius 3 is 2.62 bits per heavy atom. The van der Waals surface area contributed by atoms with Crippen molar-refractivity contribution in [3.8, 4) is 0 Å². The predicted molar refractivity (Wildman–Crippen MR) is 51.9 cm³/mol. The molecule has 0 fully saturated rings. The topological polar surface area (TPSA) is 50.7 Å². The number of nitrogens with one attached hydrogen (secondary N) is 1. The van der Waals surface area contributed by atoms with Crippen LogP contribution >= 0.6 is 0 Å². The quantitative estimate of drug-likeness (QED) is 0.504. The molecule has 80 valence electrons. The van der Waals surface area contributed by atoms with Gasteiger partial charge in [-0.25, -0.2) is 0 Å². The van der Waals surface area contributed by atoms with E-state index in [9.17, 15) is 0 Å². The lowest BCUT2D eigenvalue weighted by molar-refractivity contribution is 0.0716. The van der Waals surface area contributed by atoms with Gasteiger partial charge < -0.3 is 19.9 Å². The Labute approximate surface area is 80.2 Å². The SMILES string of the molecule is COCCOCCNCCC(C)O. The molecule has 2 N–H and O–H groups in total. The van der Waals surface area contributed by atoms with E-state index in [2.05, 4.69) is 5.32 Å². The van der Waals surface area contributed by atoms with E-state index in [0.717, 1.165) is 19.5 Å². The number of ether oxygens (including phenoxy) is 2. The number of hydrogen-bond donors (Lipinski definition) is 2. The second-order valence-corrected chi connectivity index (χ2v) is 2.99. The first kappa shape index (κ1) is 12.8. The third-order valence-electron chi connectivity index (χ3n) is 1.59. The molecular formula is C9H21NO3. The first-order valence-corrected chi connectivity index (χ1v) is 4.73. The van der Waals surface area contributed by atoms with Crippen LogP contribution < -0.4 is 5.32 Å². The highest BCUT2D eigenvalue weighted by Gasteiger charge is 1.93. The summed E-state index contributed by atoms with van der Waals surface area (Å²) in [6.07, 6.45) is 0.569. The highest BCUT2D eigenvalue weighted by Crippen LogP contribution is 1.85. The Morgan fingerprint density at radius 2 is 2.00 bits per heavy atom. The highest BCUT2D eigenvalue weighted by molar-refractivity contribution is 4.51. The summed E-state index contributed by atoms with van der Waals surface area (Å²) in [6, 6.07) is 0. The molecule has 0 aromatic heterocycles. The summed E-state index contributed by atoms with van der Waals surface area (Å²) in [5, 5.41) is 12.1. The van der Waals surface area contributed by atoms with Gasteiger partial charge in [0.05, 0.1) is 25.9 Å². The van der Waals surface area contributed by atoms with Crippen LogP contribution in [0.5, 0.6) is 0 Å². The van der Waals surface area contributed by atoms with E-state index < -0.39 is 0 Å². The lowest BCUT2D eigenvalue weighted by atomic mass is 10.3. The molecule has 0 heterocycles. The highest BCUT2D eigenvalue weighted by atomic mass is 16.5. The Hall–Kier alpha value is -0.160. The van der Waals surface area contributed by atoms with Crippen LogP contribution in [0.25, 0.3) is 0 Å². The fourth-order valence-corrected chi connectivity index (χ4v) is 0.825. The average molecular weight is 191 g/mol. The minimum atomic E-state index is -0.220. The van der Waals surface area contributed by atoms with Crippen LogP contribution in [0, 0.1) is 0 Å². The molecule has 0 aromatic carbocycles. The van der Waals surface area contributed by atoms with Gasteiger partial charge in [0, 0.05) is 13.7 Å². The van der Waals surface area contributed by atoms with Crippen molar-refractivity contribution in [2.75, 3.05) is 40.0 Å². The summed E-state index contributed by atoms with van der Waals surface area (Å²) in [4.78, 5) is 0. The van der Waals surface area contributed by atoms with Gasteiger partial charge >= 0.3 is 0 Å². The molecule has 4 nitrogen and oxygen atoms in total. The van der Waals surface area contributed by atoms with E-state index in [0.29, 0.717) is 19.8 Å². The number of hydrogen-bond acceptors (Lipinski definition) is 4. The monoisotopic (exact) mass is 191 g/mol. The molecule has 0 aromatic rings. The van der Waals surface area contributed by atoms with Crippen LogP contribution in [-0.4, -0.2) is 51.2 Å². The maximum atomic E-state index is 8.94. The predicted octanol–water partition coefficient (Wildman–Crippen LogP) is 0.00990. The number of rotatable bonds is 9. The summed E-state index contributed by atoms with van der Waals surface area (Å²) in [6.45, 7) is 5.45. The Bertz CT molecular complexity index is 98.9. The Kier molecular flexibility index (Phi) is 9.80. The van der Waals surface area contributed by atoms with Crippen molar-refractivity contribution in [2.24, 2.45) is 0 Å². The van der Waals surface area contributed by atoms with Gasteiger partial charge in [0.15, 0.2) is 0 Å². The van der Waals surface area contributed by atoms with Crippen molar-refractivity contribution in [1.82, 2.24) is 5.32 Å². The molecular weight excluding hydrogens is 170 g/mol. The summed E-state index contributed by atoms with van der Waals surface area (Å²) in [5.74, 6) is 0. The molecule has 13 heavy (non-hydrogen) atoms. The standard InChI is InChI=1S/C9H21NO3/c1-9(11)3-4-10-5-6-13-8-7-12-2/h9-11H,3-8H2,1-2H3. The molecule has 4 heteroatoms. The van der Waals surface area contributed by atoms with Gasteiger partial charge in [0.1, 0.15) is 0 Å². The molecule has 0 rings (SSSR count). The van der Waals surface area contributed by atoms with Gasteiger partial charge in [-0.1, -0.05) is 0 Å². The summed E-state index contributed by atoms with van der Waals surface area (Å²) >= 11 is 0. The minimum absolute atomic E-state index is 0.220. The van der Waals surface area contributed by atoms with E-state index >= 15 is 0 Å². The molecule has 0 radical (unpaired) electrons. The van der Waals surface area contributed by atoms with Crippen molar-refractivity contribution in [3.05, 3.63) is 0 Å². The zero-order valence-electron chi connectivity index (χ0n) is 8.58. The molecule has 0 bridgehead atoms. The molecule has 0 aliphatic rings. The van der Waals surface area contributed by atoms with Crippen molar-refractivity contribution >= 4 is 0 Å². The molecule has 0 saturated carbocycles. The van der Waals surface area contributed by atoms with Gasteiger partial charge in [0.2, 0.25) is 0 Å². The van der Waals surface area contributed by atoms with Crippen LogP contribution in [0.3, 0.4) is 0 Å². The summed E-state index contributed by atoms with van der Waals surface area (Å²) < 4.78 is 10.1. The van der Waals surface area contributed by atoms with Gasteiger partial charge in [-0.15, -0.1) is 0 Å². The van der Waals surface area contributed by atoms with Crippen molar-refractivity contribution in [1.29, 1.82) is 0 Å². The second kappa shape index (κ2) is 9.92. The third-order valence-corrected chi connectivity index (χ3v) is 1.59. The van der Waals surface area contributed by atoms with Gasteiger partial charge in [-0.3, -0.25) is 0 Å². The maximum absolute atomic E-state index is 8.94. The summed E-state index contributed by atoms with van der Waals surface area (Å²) in [7, 11) is 1.66. The van der Waals surface area contributed by atoms with Crippen LogP contribution in [0.2, 0.25) is 0 Å². The molecule has 1 unspecified atom stereocenters. The maximum Gasteiger partial charge on any atom is 0.0700 e. The zero-order valence-corrected chi connectivity index (χ0v) is 8.58. The molecule has 0 amide bonds. The number of methoxy groups -OCH3 is 1. The lowest BCUT2D eigenvalue weighted by Crippen LogP contribution is -2.23. The zero-order chi connectivity index (χ0) is 9.94. The smallest absolute Gasteiger partial charge is 0.0700 e. The van der Waals surface area contributed by atoms with Crippen molar-refractivity contribution in [3.63, 3.8) is 0 Å². The molecule has 1 atom stereocenters. The van der Waals surface area contributed by atoms with Crippen LogP contribution in [0.15, 0.2) is 0 Å². The van der Waals surface area contributed by atoms with Crippen LogP contribution in [-0.2, 0) is 9.47 Å². The fraction of sp³-hybridized carbons (Fsp3) is 1.00. The van der Waals surface area contributed by atoms with E-state index in [1.165, 1.54) is 0 Å². The first-order chi connectivity index (χ1) is 6.27. The summed E-state index contributed by atoms with van der Waals surface area (Å²) in [5.41, 5.74) is 0. The number of aliphatic hydroxyl groups is 1. The van der Waals surface area contributed by atoms with Crippen molar-refractivity contribution < 1.29 is 14.6 Å². The van der Waals surface area contributed by atoms with E-state index in [1.54, 1.807) is 14.0 Å². The van der Waals surface area contributed by atoms with Gasteiger partial charge in [-0.2, -0.15) is 0 Å². The normalized spacial score (nSPS) is 13.2. The fourth-order valence-electron chi connectivity index (χ4n) is 0.825. The Morgan fingerprint density at radius 1 is 1.23 bits per heavy atom. The van der Waals surface area contributed by atoms with E-state index in [4.69, 9.17) is 14.6 Å². The van der Waals surface area contributed by atoms with E-state index in [-0.39, 0.29) is 6.10 Å². The lowest BCUT2D eigenvalue weighted by Gasteiger charge is -2.06. The average Bonchev–Trinajstić information content (AvgIpc) is 2.09. The van der Waals surface area contributed by atoms with Crippen LogP contribution in [0.1, 0.15) is 13.3 Å².